The van der Waals surface area contributed by atoms with Crippen molar-refractivity contribution in [1.29, 1.82) is 0 Å². The van der Waals surface area contributed by atoms with Gasteiger partial charge in [-0.15, -0.1) is 0 Å². The SMILES string of the molecule is CC1CC([C@H](O)CCCN2CC[C@H]3[C@@H](C2)c2cccc4c2N3CC(=O)N4C)=CC=C1F. The molecule has 0 aromatic heterocycles. The average molecular weight is 426 g/mol. The summed E-state index contributed by atoms with van der Waals surface area (Å²) in [7, 11) is 1.88. The Balaban J connectivity index is 1.21. The lowest BCUT2D eigenvalue weighted by molar-refractivity contribution is -0.117. The second-order valence-corrected chi connectivity index (χ2v) is 9.62. The van der Waals surface area contributed by atoms with E-state index in [2.05, 4.69) is 28.0 Å². The number of rotatable bonds is 5. The Bertz CT molecular complexity index is 943. The Kier molecular flexibility index (Phi) is 5.39. The number of aliphatic hydroxyl groups is 1. The monoisotopic (exact) mass is 425 g/mol. The first-order chi connectivity index (χ1) is 14.9. The van der Waals surface area contributed by atoms with Gasteiger partial charge in [0.25, 0.3) is 0 Å². The molecule has 3 heterocycles. The van der Waals surface area contributed by atoms with Crippen molar-refractivity contribution in [2.75, 3.05) is 43.0 Å². The van der Waals surface area contributed by atoms with Crippen LogP contribution < -0.4 is 9.80 Å². The van der Waals surface area contributed by atoms with Crippen molar-refractivity contribution in [2.45, 2.75) is 50.7 Å². The van der Waals surface area contributed by atoms with Gasteiger partial charge in [-0.3, -0.25) is 4.79 Å². The largest absolute Gasteiger partial charge is 0.389 e. The molecule has 1 amide bonds. The van der Waals surface area contributed by atoms with Crippen molar-refractivity contribution in [3.8, 4) is 0 Å². The number of carbonyl (C=O) groups is 1. The first kappa shape index (κ1) is 20.7. The lowest BCUT2D eigenvalue weighted by atomic mass is 9.88. The number of anilines is 2. The predicted octanol–water partition coefficient (Wildman–Crippen LogP) is 3.60. The first-order valence-electron chi connectivity index (χ1n) is 11.6. The smallest absolute Gasteiger partial charge is 0.246 e. The summed E-state index contributed by atoms with van der Waals surface area (Å²) in [5.41, 5.74) is 4.63. The van der Waals surface area contributed by atoms with Crippen LogP contribution >= 0.6 is 0 Å². The van der Waals surface area contributed by atoms with E-state index >= 15 is 0 Å². The molecule has 1 aromatic carbocycles. The number of amides is 1. The van der Waals surface area contributed by atoms with Crippen LogP contribution in [0, 0.1) is 5.92 Å². The third kappa shape index (κ3) is 3.60. The summed E-state index contributed by atoms with van der Waals surface area (Å²) in [4.78, 5) is 19.1. The Labute approximate surface area is 183 Å². The number of para-hydroxylation sites is 1. The Morgan fingerprint density at radius 2 is 2.13 bits per heavy atom. The molecule has 3 aliphatic heterocycles. The van der Waals surface area contributed by atoms with Crippen molar-refractivity contribution < 1.29 is 14.3 Å². The Hall–Kier alpha value is -2.18. The van der Waals surface area contributed by atoms with Gasteiger partial charge in [0.1, 0.15) is 5.83 Å². The molecule has 1 unspecified atom stereocenters. The molecular formula is C25H32FN3O2. The molecule has 0 spiro atoms. The molecule has 1 fully saturated rings. The Morgan fingerprint density at radius 3 is 2.94 bits per heavy atom. The maximum absolute atomic E-state index is 13.5. The summed E-state index contributed by atoms with van der Waals surface area (Å²) < 4.78 is 13.5. The van der Waals surface area contributed by atoms with Gasteiger partial charge in [0, 0.05) is 38.0 Å². The standard InChI is InChI=1S/C25H32FN3O2/c1-16-13-17(8-9-20(16)26)23(30)7-4-11-28-12-10-21-19(14-28)18-5-3-6-22-25(18)29(21)15-24(31)27(22)2/h3,5-6,8-9,16,19,21,23,30H,4,7,10-15H2,1-2H3/t16?,19-,21-,23+/m0/s1. The predicted molar refractivity (Wildman–Crippen MR) is 121 cm³/mol. The normalized spacial score (nSPS) is 28.8. The third-order valence-electron chi connectivity index (χ3n) is 7.68. The fraction of sp³-hybridized carbons (Fsp3) is 0.560. The van der Waals surface area contributed by atoms with Crippen molar-refractivity contribution in [3.63, 3.8) is 0 Å². The molecule has 4 atom stereocenters. The molecule has 5 nitrogen and oxygen atoms in total. The van der Waals surface area contributed by atoms with Crippen LogP contribution in [0.5, 0.6) is 0 Å². The van der Waals surface area contributed by atoms with Gasteiger partial charge in [-0.05, 0) is 55.5 Å². The third-order valence-corrected chi connectivity index (χ3v) is 7.68. The van der Waals surface area contributed by atoms with Crippen molar-refractivity contribution in [1.82, 2.24) is 4.90 Å². The highest BCUT2D eigenvalue weighted by molar-refractivity contribution is 6.04. The molecular weight excluding hydrogens is 393 g/mol. The zero-order valence-electron chi connectivity index (χ0n) is 18.4. The molecule has 1 N–H and O–H groups in total. The van der Waals surface area contributed by atoms with E-state index < -0.39 is 6.10 Å². The summed E-state index contributed by atoms with van der Waals surface area (Å²) in [5, 5.41) is 10.6. The van der Waals surface area contributed by atoms with Crippen LogP contribution in [-0.4, -0.2) is 61.3 Å². The number of fused-ring (bicyclic) bond motifs is 3. The van der Waals surface area contributed by atoms with E-state index in [9.17, 15) is 14.3 Å². The number of likely N-dealkylation sites (N-methyl/N-ethyl adjacent to an activating group) is 1. The highest BCUT2D eigenvalue weighted by Crippen LogP contribution is 2.50. The summed E-state index contributed by atoms with van der Waals surface area (Å²) in [6.07, 6.45) is 6.09. The van der Waals surface area contributed by atoms with Crippen molar-refractivity contribution in [2.24, 2.45) is 5.92 Å². The minimum absolute atomic E-state index is 0.0929. The molecule has 4 aliphatic rings. The first-order valence-corrected chi connectivity index (χ1v) is 11.6. The molecule has 0 radical (unpaired) electrons. The summed E-state index contributed by atoms with van der Waals surface area (Å²) in [5.74, 6) is 0.382. The molecule has 166 valence electrons. The van der Waals surface area contributed by atoms with E-state index in [1.54, 1.807) is 11.0 Å². The summed E-state index contributed by atoms with van der Waals surface area (Å²) >= 11 is 0. The van der Waals surface area contributed by atoms with E-state index in [4.69, 9.17) is 0 Å². The van der Waals surface area contributed by atoms with Gasteiger partial charge in [0.2, 0.25) is 5.91 Å². The Morgan fingerprint density at radius 1 is 1.29 bits per heavy atom. The highest BCUT2D eigenvalue weighted by atomic mass is 19.1. The zero-order chi connectivity index (χ0) is 21.7. The van der Waals surface area contributed by atoms with Crippen molar-refractivity contribution in [3.05, 3.63) is 47.3 Å². The molecule has 1 aliphatic carbocycles. The fourth-order valence-electron chi connectivity index (χ4n) is 5.88. The van der Waals surface area contributed by atoms with E-state index in [0.29, 0.717) is 31.3 Å². The van der Waals surface area contributed by atoms with Crippen LogP contribution in [0.3, 0.4) is 0 Å². The maximum atomic E-state index is 13.5. The van der Waals surface area contributed by atoms with Crippen LogP contribution in [0.2, 0.25) is 0 Å². The summed E-state index contributed by atoms with van der Waals surface area (Å²) in [6, 6.07) is 6.78. The van der Waals surface area contributed by atoms with Crippen LogP contribution in [0.25, 0.3) is 0 Å². The van der Waals surface area contributed by atoms with Crippen LogP contribution in [0.15, 0.2) is 41.8 Å². The van der Waals surface area contributed by atoms with Gasteiger partial charge in [0.05, 0.1) is 24.0 Å². The number of halogens is 1. The maximum Gasteiger partial charge on any atom is 0.246 e. The van der Waals surface area contributed by atoms with Gasteiger partial charge in [-0.25, -0.2) is 4.39 Å². The number of allylic oxidation sites excluding steroid dienone is 3. The molecule has 31 heavy (non-hydrogen) atoms. The van der Waals surface area contributed by atoms with Crippen LogP contribution in [-0.2, 0) is 4.79 Å². The van der Waals surface area contributed by atoms with Crippen LogP contribution in [0.4, 0.5) is 15.8 Å². The number of aliphatic hydroxyl groups excluding tert-OH is 1. The number of benzene rings is 1. The van der Waals surface area contributed by atoms with Gasteiger partial charge in [0.15, 0.2) is 0 Å². The van der Waals surface area contributed by atoms with E-state index in [1.165, 1.54) is 17.3 Å². The number of hydrogen-bond donors (Lipinski definition) is 1. The summed E-state index contributed by atoms with van der Waals surface area (Å²) in [6.45, 7) is 5.33. The number of carbonyl (C=O) groups excluding carboxylic acids is 1. The molecule has 0 bridgehead atoms. The van der Waals surface area contributed by atoms with Gasteiger partial charge < -0.3 is 19.8 Å². The topological polar surface area (TPSA) is 47.0 Å². The van der Waals surface area contributed by atoms with Gasteiger partial charge >= 0.3 is 0 Å². The van der Waals surface area contributed by atoms with Crippen LogP contribution in [0.1, 0.15) is 44.1 Å². The number of hydrogen-bond acceptors (Lipinski definition) is 4. The minimum atomic E-state index is -0.481. The second-order valence-electron chi connectivity index (χ2n) is 9.62. The number of piperidine rings is 1. The molecule has 0 saturated carbocycles. The highest BCUT2D eigenvalue weighted by Gasteiger charge is 2.46. The van der Waals surface area contributed by atoms with Gasteiger partial charge in [-0.1, -0.05) is 25.1 Å². The molecule has 6 heteroatoms. The van der Waals surface area contributed by atoms with Crippen molar-refractivity contribution >= 4 is 17.3 Å². The van der Waals surface area contributed by atoms with E-state index in [1.807, 2.05) is 14.0 Å². The lowest BCUT2D eigenvalue weighted by Gasteiger charge is -2.41. The lowest BCUT2D eigenvalue weighted by Crippen LogP contribution is -2.51. The average Bonchev–Trinajstić information content (AvgIpc) is 3.08. The molecule has 5 rings (SSSR count). The number of nitrogens with zero attached hydrogens (tertiary/aromatic N) is 3. The molecule has 1 aromatic rings. The molecule has 1 saturated heterocycles. The van der Waals surface area contributed by atoms with E-state index in [-0.39, 0.29) is 17.7 Å². The minimum Gasteiger partial charge on any atom is -0.389 e. The zero-order valence-corrected chi connectivity index (χ0v) is 18.4. The quantitative estimate of drug-likeness (QED) is 0.783. The second kappa shape index (κ2) is 8.06. The number of likely N-dealkylation sites (tertiary alicyclic amines) is 1. The fourth-order valence-corrected chi connectivity index (χ4v) is 5.88. The van der Waals surface area contributed by atoms with Gasteiger partial charge in [-0.2, -0.15) is 0 Å². The van der Waals surface area contributed by atoms with E-state index in [0.717, 1.165) is 43.7 Å².